The lowest BCUT2D eigenvalue weighted by Crippen LogP contribution is -2.33. The number of carbonyl (C=O) groups is 1. The van der Waals surface area contributed by atoms with E-state index in [4.69, 9.17) is 5.73 Å². The molecule has 6 heteroatoms. The van der Waals surface area contributed by atoms with Crippen LogP contribution in [-0.2, 0) is 0 Å². The van der Waals surface area contributed by atoms with Crippen molar-refractivity contribution in [3.63, 3.8) is 0 Å². The summed E-state index contributed by atoms with van der Waals surface area (Å²) in [7, 11) is 0. The van der Waals surface area contributed by atoms with E-state index in [9.17, 15) is 14.4 Å². The van der Waals surface area contributed by atoms with Crippen LogP contribution in [0.4, 0.5) is 9.18 Å². The highest BCUT2D eigenvalue weighted by molar-refractivity contribution is 7.98. The van der Waals surface area contributed by atoms with Crippen molar-refractivity contribution >= 4 is 35.0 Å². The fraction of sp³-hybridized carbons (Fsp3) is 0.150. The highest BCUT2D eigenvalue weighted by Gasteiger charge is 2.26. The average Bonchev–Trinajstić information content (AvgIpc) is 2.87. The Morgan fingerprint density at radius 2 is 1.92 bits per heavy atom. The number of carbonyl (C=O) groups excluding carboxylic acids is 1. The fourth-order valence-corrected chi connectivity index (χ4v) is 3.46. The van der Waals surface area contributed by atoms with Crippen LogP contribution in [0.5, 0.6) is 0 Å². The molecule has 0 radical (unpaired) electrons. The van der Waals surface area contributed by atoms with Crippen molar-refractivity contribution in [1.82, 2.24) is 5.06 Å². The van der Waals surface area contributed by atoms with Crippen LogP contribution in [0.1, 0.15) is 23.6 Å². The molecule has 0 saturated heterocycles. The van der Waals surface area contributed by atoms with Gasteiger partial charge in [-0.1, -0.05) is 18.2 Å². The number of halogens is 1. The first-order valence-electron chi connectivity index (χ1n) is 8.02. The van der Waals surface area contributed by atoms with Gasteiger partial charge < -0.3 is 5.73 Å². The maximum Gasteiger partial charge on any atom is 0.338 e. The molecule has 0 heterocycles. The number of primary amides is 1. The summed E-state index contributed by atoms with van der Waals surface area (Å²) in [6.45, 7) is 1.80. The van der Waals surface area contributed by atoms with Gasteiger partial charge in [-0.2, -0.15) is 0 Å². The molecule has 0 fully saturated rings. The Labute approximate surface area is 155 Å². The number of hydrogen-bond donors (Lipinski definition) is 2. The second-order valence-corrected chi connectivity index (χ2v) is 6.90. The van der Waals surface area contributed by atoms with Crippen molar-refractivity contribution in [2.75, 3.05) is 12.8 Å². The third-order valence-corrected chi connectivity index (χ3v) is 5.19. The van der Waals surface area contributed by atoms with Gasteiger partial charge in [0, 0.05) is 4.90 Å². The predicted octanol–water partition coefficient (Wildman–Crippen LogP) is 4.65. The molecular formula is C20H19FN2O2S. The molecule has 26 heavy (non-hydrogen) atoms. The number of rotatable bonds is 4. The lowest BCUT2D eigenvalue weighted by Gasteiger charge is -2.14. The van der Waals surface area contributed by atoms with Gasteiger partial charge in [-0.15, -0.1) is 11.8 Å². The van der Waals surface area contributed by atoms with Crippen LogP contribution in [0.25, 0.3) is 17.2 Å². The van der Waals surface area contributed by atoms with E-state index in [0.717, 1.165) is 22.3 Å². The van der Waals surface area contributed by atoms with Gasteiger partial charge in [0.05, 0.1) is 6.54 Å². The van der Waals surface area contributed by atoms with Gasteiger partial charge in [0.15, 0.2) is 0 Å². The second kappa shape index (κ2) is 7.35. The maximum atomic E-state index is 13.8. The van der Waals surface area contributed by atoms with Gasteiger partial charge in [0.2, 0.25) is 0 Å². The Balaban J connectivity index is 2.08. The number of nitrogens with two attached hydrogens (primary N) is 1. The number of allylic oxidation sites excluding steroid dienone is 2. The number of amides is 2. The maximum absolute atomic E-state index is 13.8. The molecule has 3 rings (SSSR count). The Kier molecular flexibility index (Phi) is 5.15. The van der Waals surface area contributed by atoms with E-state index in [1.165, 1.54) is 17.0 Å². The molecule has 0 aromatic heterocycles. The van der Waals surface area contributed by atoms with E-state index in [1.807, 2.05) is 43.5 Å². The zero-order valence-corrected chi connectivity index (χ0v) is 15.3. The standard InChI is InChI=1S/C20H19FN2O2S/c1-12-17(9-13-3-6-15(26-2)7-4-13)16-8-5-14(21)10-18(16)19(12)11-23(25)20(22)24/h3-10,25H,11H2,1-2H3,(H2,22,24)/b17-9+. The lowest BCUT2D eigenvalue weighted by atomic mass is 10.0. The zero-order chi connectivity index (χ0) is 18.8. The molecule has 0 unspecified atom stereocenters. The number of hydrogen-bond acceptors (Lipinski definition) is 3. The molecule has 3 N–H and O–H groups in total. The van der Waals surface area contributed by atoms with Crippen molar-refractivity contribution in [2.45, 2.75) is 11.8 Å². The summed E-state index contributed by atoms with van der Waals surface area (Å²) < 4.78 is 13.8. The summed E-state index contributed by atoms with van der Waals surface area (Å²) in [6, 6.07) is 11.7. The highest BCUT2D eigenvalue weighted by atomic mass is 32.2. The van der Waals surface area contributed by atoms with Crippen LogP contribution in [0.2, 0.25) is 0 Å². The molecule has 0 atom stereocenters. The molecule has 0 aliphatic heterocycles. The van der Waals surface area contributed by atoms with Crippen molar-refractivity contribution in [2.24, 2.45) is 5.73 Å². The van der Waals surface area contributed by atoms with E-state index in [1.54, 1.807) is 17.8 Å². The Morgan fingerprint density at radius 3 is 2.54 bits per heavy atom. The van der Waals surface area contributed by atoms with Crippen molar-refractivity contribution in [3.8, 4) is 0 Å². The second-order valence-electron chi connectivity index (χ2n) is 6.02. The van der Waals surface area contributed by atoms with E-state index >= 15 is 0 Å². The first-order chi connectivity index (χ1) is 12.4. The molecule has 2 aromatic carbocycles. The topological polar surface area (TPSA) is 66.6 Å². The number of thioether (sulfide) groups is 1. The van der Waals surface area contributed by atoms with Crippen LogP contribution < -0.4 is 5.73 Å². The summed E-state index contributed by atoms with van der Waals surface area (Å²) in [5.41, 5.74) is 10.1. The fourth-order valence-electron chi connectivity index (χ4n) is 3.05. The van der Waals surface area contributed by atoms with Crippen LogP contribution in [-0.4, -0.2) is 29.1 Å². The van der Waals surface area contributed by atoms with Gasteiger partial charge in [-0.25, -0.2) is 14.2 Å². The number of benzene rings is 2. The van der Waals surface area contributed by atoms with E-state index < -0.39 is 6.03 Å². The molecule has 4 nitrogen and oxygen atoms in total. The normalized spacial score (nSPS) is 14.7. The molecule has 2 amide bonds. The minimum atomic E-state index is -0.951. The minimum Gasteiger partial charge on any atom is -0.350 e. The Morgan fingerprint density at radius 1 is 1.23 bits per heavy atom. The molecule has 1 aliphatic rings. The highest BCUT2D eigenvalue weighted by Crippen LogP contribution is 2.42. The summed E-state index contributed by atoms with van der Waals surface area (Å²) in [6.07, 6.45) is 4.04. The van der Waals surface area contributed by atoms with Crippen LogP contribution in [0.3, 0.4) is 0 Å². The molecule has 2 aromatic rings. The van der Waals surface area contributed by atoms with Crippen molar-refractivity contribution < 1.29 is 14.4 Å². The number of hydroxylamine groups is 2. The Hall–Kier alpha value is -2.57. The Bertz CT molecular complexity index is 920. The molecule has 1 aliphatic carbocycles. The number of urea groups is 1. The first kappa shape index (κ1) is 18.2. The lowest BCUT2D eigenvalue weighted by molar-refractivity contribution is -0.0268. The molecule has 0 spiro atoms. The zero-order valence-electron chi connectivity index (χ0n) is 14.5. The average molecular weight is 370 g/mol. The van der Waals surface area contributed by atoms with Gasteiger partial charge in [-0.05, 0) is 76.9 Å². The van der Waals surface area contributed by atoms with Gasteiger partial charge in [0.25, 0.3) is 0 Å². The first-order valence-corrected chi connectivity index (χ1v) is 9.25. The smallest absolute Gasteiger partial charge is 0.338 e. The van der Waals surface area contributed by atoms with Gasteiger partial charge >= 0.3 is 6.03 Å². The third-order valence-electron chi connectivity index (χ3n) is 4.44. The van der Waals surface area contributed by atoms with E-state index in [2.05, 4.69) is 0 Å². The van der Waals surface area contributed by atoms with Crippen molar-refractivity contribution in [3.05, 3.63) is 70.5 Å². The number of fused-ring (bicyclic) bond motifs is 1. The van der Waals surface area contributed by atoms with Gasteiger partial charge in [0.1, 0.15) is 5.82 Å². The quantitative estimate of drug-likeness (QED) is 0.468. The van der Waals surface area contributed by atoms with Crippen LogP contribution in [0.15, 0.2) is 52.9 Å². The molecule has 0 saturated carbocycles. The summed E-state index contributed by atoms with van der Waals surface area (Å²) in [5, 5.41) is 10.2. The summed E-state index contributed by atoms with van der Waals surface area (Å²) in [5.74, 6) is -0.372. The largest absolute Gasteiger partial charge is 0.350 e. The summed E-state index contributed by atoms with van der Waals surface area (Å²) >= 11 is 1.67. The SMILES string of the molecule is CSc1ccc(/C=C2\C(C)=C(CN(O)C(N)=O)c3cc(F)ccc32)cc1. The number of nitrogens with zero attached hydrogens (tertiary/aromatic N) is 1. The van der Waals surface area contributed by atoms with Crippen molar-refractivity contribution in [1.29, 1.82) is 0 Å². The molecule has 0 bridgehead atoms. The third kappa shape index (κ3) is 3.52. The van der Waals surface area contributed by atoms with Gasteiger partial charge in [-0.3, -0.25) is 5.21 Å². The monoisotopic (exact) mass is 370 g/mol. The predicted molar refractivity (Wildman–Crippen MR) is 103 cm³/mol. The van der Waals surface area contributed by atoms with E-state index in [0.29, 0.717) is 16.2 Å². The summed E-state index contributed by atoms with van der Waals surface area (Å²) in [4.78, 5) is 12.4. The molecule has 134 valence electrons. The minimum absolute atomic E-state index is 0.0969. The molecular weight excluding hydrogens is 351 g/mol. The van der Waals surface area contributed by atoms with Crippen LogP contribution in [0, 0.1) is 5.82 Å². The van der Waals surface area contributed by atoms with E-state index in [-0.39, 0.29) is 12.4 Å². The van der Waals surface area contributed by atoms with Crippen LogP contribution >= 0.6 is 11.8 Å².